The van der Waals surface area contributed by atoms with Crippen molar-refractivity contribution in [3.63, 3.8) is 0 Å². The van der Waals surface area contributed by atoms with Crippen LogP contribution >= 0.6 is 0 Å². The summed E-state index contributed by atoms with van der Waals surface area (Å²) in [5.41, 5.74) is 4.75. The fourth-order valence-corrected chi connectivity index (χ4v) is 2.44. The van der Waals surface area contributed by atoms with E-state index in [-0.39, 0.29) is 17.9 Å². The van der Waals surface area contributed by atoms with Crippen LogP contribution in [0.15, 0.2) is 56.2 Å². The Kier molecular flexibility index (Phi) is 4.74. The van der Waals surface area contributed by atoms with Crippen LogP contribution in [-0.4, -0.2) is 16.4 Å². The number of hydrogen-bond acceptors (Lipinski definition) is 5. The van der Waals surface area contributed by atoms with Crippen LogP contribution in [0.3, 0.4) is 0 Å². The molecule has 26 heavy (non-hydrogen) atoms. The van der Waals surface area contributed by atoms with Crippen LogP contribution in [0.1, 0.15) is 38.2 Å². The van der Waals surface area contributed by atoms with Gasteiger partial charge in [-0.2, -0.15) is 0 Å². The number of aryl methyl sites for hydroxylation is 2. The first-order valence-electron chi connectivity index (χ1n) is 7.86. The van der Waals surface area contributed by atoms with Crippen molar-refractivity contribution in [3.8, 4) is 0 Å². The molecular weight excluding hydrogens is 338 g/mol. The third-order valence-electron chi connectivity index (χ3n) is 3.69. The van der Waals surface area contributed by atoms with Gasteiger partial charge in [-0.25, -0.2) is 0 Å². The molecule has 8 nitrogen and oxygen atoms in total. The maximum absolute atomic E-state index is 12.1. The highest BCUT2D eigenvalue weighted by Crippen LogP contribution is 2.13. The minimum atomic E-state index is -0.608. The van der Waals surface area contributed by atoms with E-state index in [2.05, 4.69) is 10.9 Å². The van der Waals surface area contributed by atoms with E-state index in [1.165, 1.54) is 16.7 Å². The second-order valence-corrected chi connectivity index (χ2v) is 5.67. The molecule has 3 aromatic heterocycles. The summed E-state index contributed by atoms with van der Waals surface area (Å²) in [7, 11) is 0. The lowest BCUT2D eigenvalue weighted by molar-refractivity contribution is 0.0829. The van der Waals surface area contributed by atoms with Crippen molar-refractivity contribution >= 4 is 11.8 Å². The highest BCUT2D eigenvalue weighted by molar-refractivity contribution is 5.98. The number of rotatable bonds is 4. The first kappa shape index (κ1) is 17.3. The zero-order valence-corrected chi connectivity index (χ0v) is 14.2. The summed E-state index contributed by atoms with van der Waals surface area (Å²) in [5.74, 6) is 0.423. The third kappa shape index (κ3) is 3.75. The number of nitrogens with one attached hydrogen (secondary N) is 2. The molecule has 2 N–H and O–H groups in total. The molecule has 3 aromatic rings. The lowest BCUT2D eigenvalue weighted by atomic mass is 10.2. The number of hydrogen-bond donors (Lipinski definition) is 2. The lowest BCUT2D eigenvalue weighted by Crippen LogP contribution is -2.41. The van der Waals surface area contributed by atoms with Gasteiger partial charge in [-0.15, -0.1) is 0 Å². The van der Waals surface area contributed by atoms with Gasteiger partial charge in [0.05, 0.1) is 12.1 Å². The van der Waals surface area contributed by atoms with Crippen molar-refractivity contribution < 1.29 is 18.4 Å². The molecule has 0 saturated heterocycles. The topological polar surface area (TPSA) is 106 Å². The normalized spacial score (nSPS) is 10.5. The van der Waals surface area contributed by atoms with Gasteiger partial charge in [-0.3, -0.25) is 25.2 Å². The average Bonchev–Trinajstić information content (AvgIpc) is 3.20. The van der Waals surface area contributed by atoms with E-state index >= 15 is 0 Å². The second kappa shape index (κ2) is 7.14. The molecule has 0 aromatic carbocycles. The first-order chi connectivity index (χ1) is 12.4. The molecule has 134 valence electrons. The number of aromatic nitrogens is 1. The standard InChI is InChI=1S/C18H17N3O5/c1-11-9-14(12(2)25-11)17(23)19-20-18(24)15-7-6-13(26-15)10-21-8-4-3-5-16(21)22/h3-9H,10H2,1-2H3,(H,19,23)(H,20,24). The van der Waals surface area contributed by atoms with Crippen LogP contribution in [-0.2, 0) is 6.54 Å². The van der Waals surface area contributed by atoms with Gasteiger partial charge in [0.15, 0.2) is 5.76 Å². The first-order valence-corrected chi connectivity index (χ1v) is 7.86. The number of nitrogens with zero attached hydrogens (tertiary/aromatic N) is 1. The maximum atomic E-state index is 12.1. The summed E-state index contributed by atoms with van der Waals surface area (Å²) < 4.78 is 12.2. The van der Waals surface area contributed by atoms with E-state index in [0.29, 0.717) is 22.8 Å². The zero-order valence-electron chi connectivity index (χ0n) is 14.2. The molecule has 0 spiro atoms. The molecule has 0 saturated carbocycles. The molecule has 0 radical (unpaired) electrons. The molecule has 8 heteroatoms. The Balaban J connectivity index is 1.61. The van der Waals surface area contributed by atoms with Crippen LogP contribution in [0.25, 0.3) is 0 Å². The van der Waals surface area contributed by atoms with Crippen LogP contribution in [0.2, 0.25) is 0 Å². The summed E-state index contributed by atoms with van der Waals surface area (Å²) in [6, 6.07) is 9.46. The molecule has 0 aliphatic rings. The Morgan fingerprint density at radius 2 is 1.81 bits per heavy atom. The van der Waals surface area contributed by atoms with E-state index in [1.54, 1.807) is 44.3 Å². The Labute approximate surface area is 148 Å². The maximum Gasteiger partial charge on any atom is 0.305 e. The van der Waals surface area contributed by atoms with Crippen LogP contribution < -0.4 is 16.4 Å². The number of amides is 2. The van der Waals surface area contributed by atoms with Crippen LogP contribution in [0.5, 0.6) is 0 Å². The fourth-order valence-electron chi connectivity index (χ4n) is 2.44. The Hall–Kier alpha value is -3.55. The molecule has 0 unspecified atom stereocenters. The summed E-state index contributed by atoms with van der Waals surface area (Å²) in [5, 5.41) is 0. The molecule has 3 rings (SSSR count). The Bertz CT molecular complexity index is 1010. The van der Waals surface area contributed by atoms with Gasteiger partial charge < -0.3 is 13.4 Å². The number of furan rings is 2. The molecular formula is C18H17N3O5. The van der Waals surface area contributed by atoms with Crippen molar-refractivity contribution in [2.75, 3.05) is 0 Å². The Morgan fingerprint density at radius 3 is 2.50 bits per heavy atom. The summed E-state index contributed by atoms with van der Waals surface area (Å²) in [4.78, 5) is 35.8. The van der Waals surface area contributed by atoms with E-state index < -0.39 is 11.8 Å². The van der Waals surface area contributed by atoms with Crippen molar-refractivity contribution in [1.82, 2.24) is 15.4 Å². The van der Waals surface area contributed by atoms with Gasteiger partial charge in [-0.05, 0) is 38.1 Å². The van der Waals surface area contributed by atoms with E-state index in [1.807, 2.05) is 0 Å². The molecule has 0 aliphatic heterocycles. The third-order valence-corrected chi connectivity index (χ3v) is 3.69. The quantitative estimate of drug-likeness (QED) is 0.694. The number of pyridine rings is 1. The van der Waals surface area contributed by atoms with Crippen molar-refractivity contribution in [2.45, 2.75) is 20.4 Å². The summed E-state index contributed by atoms with van der Waals surface area (Å²) in [6.45, 7) is 3.59. The van der Waals surface area contributed by atoms with E-state index in [0.717, 1.165) is 0 Å². The second-order valence-electron chi connectivity index (χ2n) is 5.67. The van der Waals surface area contributed by atoms with Gasteiger partial charge >= 0.3 is 5.91 Å². The van der Waals surface area contributed by atoms with Gasteiger partial charge in [0.25, 0.3) is 11.5 Å². The molecule has 0 aliphatic carbocycles. The van der Waals surface area contributed by atoms with E-state index in [4.69, 9.17) is 8.83 Å². The fraction of sp³-hybridized carbons (Fsp3) is 0.167. The van der Waals surface area contributed by atoms with Crippen molar-refractivity contribution in [3.05, 3.63) is 81.6 Å². The van der Waals surface area contributed by atoms with Crippen LogP contribution in [0.4, 0.5) is 0 Å². The van der Waals surface area contributed by atoms with Crippen molar-refractivity contribution in [1.29, 1.82) is 0 Å². The molecule has 0 atom stereocenters. The smallest absolute Gasteiger partial charge is 0.305 e. The van der Waals surface area contributed by atoms with E-state index in [9.17, 15) is 14.4 Å². The van der Waals surface area contributed by atoms with Gasteiger partial charge in [-0.1, -0.05) is 6.07 Å². The highest BCUT2D eigenvalue weighted by Gasteiger charge is 2.16. The molecule has 0 bridgehead atoms. The summed E-state index contributed by atoms with van der Waals surface area (Å²) in [6.07, 6.45) is 1.63. The average molecular weight is 355 g/mol. The molecule has 3 heterocycles. The SMILES string of the molecule is Cc1cc(C(=O)NNC(=O)c2ccc(Cn3ccccc3=O)o2)c(C)o1. The lowest BCUT2D eigenvalue weighted by Gasteiger charge is -2.05. The molecule has 0 fully saturated rings. The minimum absolute atomic E-state index is 0.0179. The minimum Gasteiger partial charge on any atom is -0.466 e. The number of carbonyl (C=O) groups excluding carboxylic acids is 2. The van der Waals surface area contributed by atoms with Gasteiger partial charge in [0.2, 0.25) is 0 Å². The predicted molar refractivity (Wildman–Crippen MR) is 91.6 cm³/mol. The van der Waals surface area contributed by atoms with Crippen LogP contribution in [0, 0.1) is 13.8 Å². The van der Waals surface area contributed by atoms with Gasteiger partial charge in [0.1, 0.15) is 17.3 Å². The summed E-state index contributed by atoms with van der Waals surface area (Å²) >= 11 is 0. The largest absolute Gasteiger partial charge is 0.466 e. The predicted octanol–water partition coefficient (Wildman–Crippen LogP) is 1.77. The van der Waals surface area contributed by atoms with Gasteiger partial charge in [0, 0.05) is 12.3 Å². The highest BCUT2D eigenvalue weighted by atomic mass is 16.4. The van der Waals surface area contributed by atoms with Crippen molar-refractivity contribution in [2.24, 2.45) is 0 Å². The Morgan fingerprint density at radius 1 is 1.04 bits per heavy atom. The zero-order chi connectivity index (χ0) is 18.7. The number of hydrazine groups is 1. The monoisotopic (exact) mass is 355 g/mol. The number of carbonyl (C=O) groups is 2. The molecule has 2 amide bonds.